The summed E-state index contributed by atoms with van der Waals surface area (Å²) in [5.74, 6) is 0. The van der Waals surface area contributed by atoms with Crippen molar-refractivity contribution in [2.75, 3.05) is 7.05 Å². The van der Waals surface area contributed by atoms with Gasteiger partial charge >= 0.3 is 0 Å². The summed E-state index contributed by atoms with van der Waals surface area (Å²) in [6.45, 7) is 4.10. The van der Waals surface area contributed by atoms with Crippen molar-refractivity contribution in [3.63, 3.8) is 0 Å². The summed E-state index contributed by atoms with van der Waals surface area (Å²) in [4.78, 5) is 8.40. The molecule has 1 aromatic rings. The summed E-state index contributed by atoms with van der Waals surface area (Å²) in [5, 5.41) is 0. The summed E-state index contributed by atoms with van der Waals surface area (Å²) < 4.78 is 0. The average Bonchev–Trinajstić information content (AvgIpc) is 2.15. The van der Waals surface area contributed by atoms with Gasteiger partial charge in [0.05, 0.1) is 11.4 Å². The van der Waals surface area contributed by atoms with Crippen molar-refractivity contribution < 1.29 is 0 Å². The fourth-order valence-corrected chi connectivity index (χ4v) is 1.04. The van der Waals surface area contributed by atoms with Gasteiger partial charge in [0.1, 0.15) is 0 Å². The van der Waals surface area contributed by atoms with Gasteiger partial charge in [0.15, 0.2) is 0 Å². The Balaban J connectivity index is 3.00. The molecule has 0 radical (unpaired) electrons. The van der Waals surface area contributed by atoms with E-state index in [0.29, 0.717) is 0 Å². The van der Waals surface area contributed by atoms with Gasteiger partial charge in [-0.15, -0.1) is 0 Å². The van der Waals surface area contributed by atoms with E-state index in [4.69, 9.17) is 0 Å². The summed E-state index contributed by atoms with van der Waals surface area (Å²) in [6.07, 6.45) is 3.81. The topological polar surface area (TPSA) is 25.2 Å². The van der Waals surface area contributed by atoms with Crippen LogP contribution in [0.5, 0.6) is 0 Å². The SMILES string of the molecule is CN=C(C=C(C)C)c1ccccn1. The third-order valence-corrected chi connectivity index (χ3v) is 1.59. The van der Waals surface area contributed by atoms with Crippen LogP contribution in [0.1, 0.15) is 19.5 Å². The highest BCUT2D eigenvalue weighted by Crippen LogP contribution is 2.00. The first-order valence-corrected chi connectivity index (χ1v) is 4.27. The Bertz CT molecular complexity index is 319. The first-order chi connectivity index (χ1) is 6.24. The molecule has 1 heterocycles. The van der Waals surface area contributed by atoms with Gasteiger partial charge in [-0.25, -0.2) is 0 Å². The molecule has 0 aliphatic heterocycles. The van der Waals surface area contributed by atoms with Crippen LogP contribution in [0.3, 0.4) is 0 Å². The molecule has 0 saturated heterocycles. The van der Waals surface area contributed by atoms with E-state index in [1.807, 2.05) is 38.1 Å². The highest BCUT2D eigenvalue weighted by atomic mass is 14.7. The third-order valence-electron chi connectivity index (χ3n) is 1.59. The molecule has 0 spiro atoms. The molecule has 1 aromatic heterocycles. The number of allylic oxidation sites excluding steroid dienone is 2. The maximum absolute atomic E-state index is 4.23. The Labute approximate surface area is 79.0 Å². The lowest BCUT2D eigenvalue weighted by atomic mass is 10.2. The monoisotopic (exact) mass is 174 g/mol. The van der Waals surface area contributed by atoms with E-state index in [-0.39, 0.29) is 0 Å². The number of nitrogens with zero attached hydrogens (tertiary/aromatic N) is 2. The number of rotatable bonds is 2. The zero-order valence-electron chi connectivity index (χ0n) is 8.28. The molecular weight excluding hydrogens is 160 g/mol. The van der Waals surface area contributed by atoms with Crippen LogP contribution in [0.15, 0.2) is 41.0 Å². The van der Waals surface area contributed by atoms with Crippen molar-refractivity contribution in [3.8, 4) is 0 Å². The molecule has 2 nitrogen and oxygen atoms in total. The van der Waals surface area contributed by atoms with Gasteiger partial charge < -0.3 is 0 Å². The van der Waals surface area contributed by atoms with E-state index in [1.54, 1.807) is 13.2 Å². The fraction of sp³-hybridized carbons (Fsp3) is 0.273. The summed E-state index contributed by atoms with van der Waals surface area (Å²) in [5.41, 5.74) is 3.08. The van der Waals surface area contributed by atoms with E-state index in [9.17, 15) is 0 Å². The minimum Gasteiger partial charge on any atom is -0.286 e. The fourth-order valence-electron chi connectivity index (χ4n) is 1.04. The van der Waals surface area contributed by atoms with E-state index < -0.39 is 0 Å². The Morgan fingerprint density at radius 1 is 1.38 bits per heavy atom. The first-order valence-electron chi connectivity index (χ1n) is 4.27. The number of hydrogen-bond donors (Lipinski definition) is 0. The minimum absolute atomic E-state index is 0.922. The van der Waals surface area contributed by atoms with Crippen molar-refractivity contribution in [2.24, 2.45) is 4.99 Å². The van der Waals surface area contributed by atoms with Gasteiger partial charge in [-0.3, -0.25) is 9.98 Å². The second-order valence-corrected chi connectivity index (χ2v) is 3.05. The van der Waals surface area contributed by atoms with Crippen molar-refractivity contribution >= 4 is 5.71 Å². The van der Waals surface area contributed by atoms with Crippen molar-refractivity contribution in [1.29, 1.82) is 0 Å². The number of aliphatic imine (C=N–C) groups is 1. The standard InChI is InChI=1S/C11H14N2/c1-9(2)8-11(12-3)10-6-4-5-7-13-10/h4-8H,1-3H3. The van der Waals surface area contributed by atoms with E-state index in [1.165, 1.54) is 5.57 Å². The zero-order chi connectivity index (χ0) is 9.68. The number of aromatic nitrogens is 1. The van der Waals surface area contributed by atoms with Crippen LogP contribution in [0.4, 0.5) is 0 Å². The van der Waals surface area contributed by atoms with Crippen LogP contribution in [0.2, 0.25) is 0 Å². The quantitative estimate of drug-likeness (QED) is 0.632. The molecular formula is C11H14N2. The molecule has 0 N–H and O–H groups in total. The van der Waals surface area contributed by atoms with Crippen LogP contribution in [-0.2, 0) is 0 Å². The summed E-state index contributed by atoms with van der Waals surface area (Å²) >= 11 is 0. The van der Waals surface area contributed by atoms with Crippen LogP contribution < -0.4 is 0 Å². The zero-order valence-corrected chi connectivity index (χ0v) is 8.28. The maximum atomic E-state index is 4.23. The Morgan fingerprint density at radius 3 is 2.62 bits per heavy atom. The third kappa shape index (κ3) is 2.82. The van der Waals surface area contributed by atoms with E-state index in [0.717, 1.165) is 11.4 Å². The minimum atomic E-state index is 0.922. The van der Waals surface area contributed by atoms with Gasteiger partial charge in [-0.05, 0) is 32.1 Å². The average molecular weight is 174 g/mol. The second-order valence-electron chi connectivity index (χ2n) is 3.05. The Kier molecular flexibility index (Phi) is 3.38. The van der Waals surface area contributed by atoms with Gasteiger partial charge in [-0.1, -0.05) is 11.6 Å². The highest BCUT2D eigenvalue weighted by Gasteiger charge is 1.98. The van der Waals surface area contributed by atoms with Crippen LogP contribution in [0.25, 0.3) is 0 Å². The molecule has 0 bridgehead atoms. The molecule has 68 valence electrons. The van der Waals surface area contributed by atoms with Crippen LogP contribution in [-0.4, -0.2) is 17.7 Å². The molecule has 13 heavy (non-hydrogen) atoms. The van der Waals surface area contributed by atoms with Crippen molar-refractivity contribution in [2.45, 2.75) is 13.8 Å². The van der Waals surface area contributed by atoms with Gasteiger partial charge in [-0.2, -0.15) is 0 Å². The molecule has 0 unspecified atom stereocenters. The molecule has 2 heteroatoms. The van der Waals surface area contributed by atoms with Crippen LogP contribution >= 0.6 is 0 Å². The number of hydrogen-bond acceptors (Lipinski definition) is 2. The van der Waals surface area contributed by atoms with Gasteiger partial charge in [0.25, 0.3) is 0 Å². The Morgan fingerprint density at radius 2 is 2.15 bits per heavy atom. The van der Waals surface area contributed by atoms with E-state index >= 15 is 0 Å². The summed E-state index contributed by atoms with van der Waals surface area (Å²) in [7, 11) is 1.78. The lowest BCUT2D eigenvalue weighted by Gasteiger charge is -1.99. The van der Waals surface area contributed by atoms with Gasteiger partial charge in [0.2, 0.25) is 0 Å². The molecule has 0 aromatic carbocycles. The predicted octanol–water partition coefficient (Wildman–Crippen LogP) is 2.47. The maximum Gasteiger partial charge on any atom is 0.0881 e. The first kappa shape index (κ1) is 9.65. The van der Waals surface area contributed by atoms with E-state index in [2.05, 4.69) is 9.98 Å². The molecule has 0 aliphatic rings. The predicted molar refractivity (Wildman–Crippen MR) is 56.1 cm³/mol. The normalized spacial score (nSPS) is 11.2. The van der Waals surface area contributed by atoms with Crippen LogP contribution in [0, 0.1) is 0 Å². The smallest absolute Gasteiger partial charge is 0.0881 e. The van der Waals surface area contributed by atoms with Crippen molar-refractivity contribution in [3.05, 3.63) is 41.7 Å². The molecule has 0 saturated carbocycles. The lowest BCUT2D eigenvalue weighted by Crippen LogP contribution is -1.99. The second kappa shape index (κ2) is 4.55. The largest absolute Gasteiger partial charge is 0.286 e. The molecule has 0 atom stereocenters. The number of pyridine rings is 1. The lowest BCUT2D eigenvalue weighted by molar-refractivity contribution is 1.27. The molecule has 0 fully saturated rings. The summed E-state index contributed by atoms with van der Waals surface area (Å²) in [6, 6.07) is 5.83. The molecule has 0 amide bonds. The van der Waals surface area contributed by atoms with Gasteiger partial charge in [0, 0.05) is 13.2 Å². The molecule has 0 aliphatic carbocycles. The molecule has 1 rings (SSSR count). The highest BCUT2D eigenvalue weighted by molar-refractivity contribution is 6.07. The van der Waals surface area contributed by atoms with Crippen molar-refractivity contribution in [1.82, 2.24) is 4.98 Å². The Hall–Kier alpha value is -1.44.